The highest BCUT2D eigenvalue weighted by Gasteiger charge is 2.17. The second-order valence-electron chi connectivity index (χ2n) is 1.84. The third-order valence-electron chi connectivity index (χ3n) is 1.10. The van der Waals surface area contributed by atoms with Crippen LogP contribution in [-0.4, -0.2) is 24.0 Å². The van der Waals surface area contributed by atoms with Gasteiger partial charge in [0.1, 0.15) is 6.04 Å². The molecule has 0 aromatic rings. The highest BCUT2D eigenvalue weighted by molar-refractivity contribution is 9.06. The monoisotopic (exact) mass is 261 g/mol. The molecule has 1 N–H and O–H groups in total. The molecule has 66 valence electrons. The summed E-state index contributed by atoms with van der Waals surface area (Å²) in [7, 11) is 0. The topological polar surface area (TPSA) is 38.3 Å². The van der Waals surface area contributed by atoms with Gasteiger partial charge in [-0.2, -0.15) is 11.8 Å². The molecule has 0 amide bonds. The lowest BCUT2D eigenvalue weighted by Crippen LogP contribution is -2.31. The van der Waals surface area contributed by atoms with Gasteiger partial charge in [0, 0.05) is 0 Å². The number of rotatable bonds is 5. The summed E-state index contributed by atoms with van der Waals surface area (Å²) in [6.45, 7) is 0. The van der Waals surface area contributed by atoms with E-state index in [0.717, 1.165) is 5.75 Å². The van der Waals surface area contributed by atoms with E-state index in [1.807, 2.05) is 6.26 Å². The summed E-state index contributed by atoms with van der Waals surface area (Å²) in [5.41, 5.74) is 0. The van der Waals surface area contributed by atoms with Gasteiger partial charge >= 0.3 is 5.97 Å². The molecule has 3 nitrogen and oxygen atoms in total. The Labute approximate surface area is 83.8 Å². The normalized spacial score (nSPS) is 12.6. The van der Waals surface area contributed by atoms with Crippen LogP contribution in [-0.2, 0) is 8.62 Å². The highest BCUT2D eigenvalue weighted by atomic mass is 79.9. The van der Waals surface area contributed by atoms with Gasteiger partial charge in [-0.25, -0.2) is 9.63 Å². The van der Waals surface area contributed by atoms with E-state index in [2.05, 4.69) is 24.9 Å². The van der Waals surface area contributed by atoms with Gasteiger partial charge in [-0.05, 0) is 30.2 Å². The summed E-state index contributed by atoms with van der Waals surface area (Å²) in [4.78, 5) is 13.2. The largest absolute Gasteiger partial charge is 0.382 e. The van der Waals surface area contributed by atoms with Gasteiger partial charge in [0.25, 0.3) is 0 Å². The number of carbonyl (C=O) groups excluding carboxylic acids is 1. The fourth-order valence-electron chi connectivity index (χ4n) is 0.506. The molecule has 0 fully saturated rings. The number of hydrogen-bond acceptors (Lipinski definition) is 4. The number of nitrogens with one attached hydrogen (secondary N) is 1. The molecular formula is C5H9BrClNO2S. The quantitative estimate of drug-likeness (QED) is 0.766. The molecule has 1 atom stereocenters. The zero-order valence-corrected chi connectivity index (χ0v) is 9.13. The van der Waals surface area contributed by atoms with Crippen LogP contribution in [0.1, 0.15) is 6.42 Å². The Morgan fingerprint density at radius 2 is 2.55 bits per heavy atom. The van der Waals surface area contributed by atoms with E-state index in [0.29, 0.717) is 6.42 Å². The van der Waals surface area contributed by atoms with Crippen LogP contribution in [0.4, 0.5) is 0 Å². The number of thioether (sulfide) groups is 1. The number of hydrogen-bond donors (Lipinski definition) is 1. The van der Waals surface area contributed by atoms with Crippen LogP contribution in [0.15, 0.2) is 0 Å². The molecule has 0 unspecified atom stereocenters. The molecule has 0 saturated carbocycles. The van der Waals surface area contributed by atoms with Gasteiger partial charge in [-0.3, -0.25) is 0 Å². The Morgan fingerprint density at radius 3 is 2.91 bits per heavy atom. The molecule has 0 aliphatic carbocycles. The van der Waals surface area contributed by atoms with E-state index in [1.54, 1.807) is 11.8 Å². The smallest absolute Gasteiger partial charge is 0.335 e. The first-order valence-electron chi connectivity index (χ1n) is 2.93. The zero-order chi connectivity index (χ0) is 8.69. The second-order valence-corrected chi connectivity index (χ2v) is 3.37. The van der Waals surface area contributed by atoms with Crippen LogP contribution >= 0.6 is 39.8 Å². The predicted molar refractivity (Wildman–Crippen MR) is 50.8 cm³/mol. The Balaban J connectivity index is 3.65. The van der Waals surface area contributed by atoms with E-state index in [4.69, 9.17) is 11.8 Å². The van der Waals surface area contributed by atoms with Crippen molar-refractivity contribution in [2.75, 3.05) is 12.0 Å². The average Bonchev–Trinajstić information content (AvgIpc) is 2.05. The van der Waals surface area contributed by atoms with E-state index >= 15 is 0 Å². The van der Waals surface area contributed by atoms with Crippen molar-refractivity contribution in [2.45, 2.75) is 12.5 Å². The Morgan fingerprint density at radius 1 is 1.91 bits per heavy atom. The minimum absolute atomic E-state index is 0.394. The maximum absolute atomic E-state index is 10.8. The molecule has 0 aromatic carbocycles. The van der Waals surface area contributed by atoms with Crippen molar-refractivity contribution in [3.63, 3.8) is 0 Å². The van der Waals surface area contributed by atoms with E-state index in [-0.39, 0.29) is 0 Å². The molecule has 11 heavy (non-hydrogen) atoms. The standard InChI is InChI=1S/C5H9BrClNO2S/c1-11-3-2-4(8-7)5(9)10-6/h4,8H,2-3H2,1H3/t4-/m0/s1. The van der Waals surface area contributed by atoms with Gasteiger partial charge in [-0.1, -0.05) is 0 Å². The van der Waals surface area contributed by atoms with E-state index in [9.17, 15) is 4.79 Å². The summed E-state index contributed by atoms with van der Waals surface area (Å²) < 4.78 is 4.32. The fraction of sp³-hybridized carbons (Fsp3) is 0.800. The number of carbonyl (C=O) groups is 1. The molecule has 6 heteroatoms. The van der Waals surface area contributed by atoms with Crippen molar-refractivity contribution in [3.8, 4) is 0 Å². The van der Waals surface area contributed by atoms with Crippen molar-refractivity contribution in [2.24, 2.45) is 0 Å². The van der Waals surface area contributed by atoms with Gasteiger partial charge in [0.15, 0.2) is 16.3 Å². The summed E-state index contributed by atoms with van der Waals surface area (Å²) in [5, 5.41) is 0. The first-order valence-corrected chi connectivity index (χ1v) is 5.35. The van der Waals surface area contributed by atoms with E-state index < -0.39 is 12.0 Å². The summed E-state index contributed by atoms with van der Waals surface area (Å²) in [6.07, 6.45) is 2.62. The number of halogens is 2. The van der Waals surface area contributed by atoms with Crippen molar-refractivity contribution in [1.82, 2.24) is 4.84 Å². The minimum Gasteiger partial charge on any atom is -0.382 e. The van der Waals surface area contributed by atoms with Crippen molar-refractivity contribution in [1.29, 1.82) is 0 Å². The lowest BCUT2D eigenvalue weighted by atomic mass is 10.2. The van der Waals surface area contributed by atoms with Crippen molar-refractivity contribution >= 4 is 45.8 Å². The molecule has 0 radical (unpaired) electrons. The predicted octanol–water partition coefficient (Wildman–Crippen LogP) is 1.70. The van der Waals surface area contributed by atoms with Crippen LogP contribution in [0.3, 0.4) is 0 Å². The minimum atomic E-state index is -0.427. The molecule has 0 aliphatic rings. The zero-order valence-electron chi connectivity index (χ0n) is 5.97. The second kappa shape index (κ2) is 7.21. The van der Waals surface area contributed by atoms with Crippen LogP contribution in [0.25, 0.3) is 0 Å². The molecular weight excluding hydrogens is 253 g/mol. The maximum atomic E-state index is 10.8. The SMILES string of the molecule is CSCC[C@H](NCl)C(=O)OBr. The van der Waals surface area contributed by atoms with Crippen molar-refractivity contribution in [3.05, 3.63) is 0 Å². The van der Waals surface area contributed by atoms with Gasteiger partial charge in [0.2, 0.25) is 0 Å². The summed E-state index contributed by atoms with van der Waals surface area (Å²) >= 11 is 9.54. The molecule has 0 bridgehead atoms. The third-order valence-corrected chi connectivity index (χ3v) is 2.33. The van der Waals surface area contributed by atoms with Crippen LogP contribution in [0.2, 0.25) is 0 Å². The highest BCUT2D eigenvalue weighted by Crippen LogP contribution is 2.04. The van der Waals surface area contributed by atoms with E-state index in [1.165, 1.54) is 0 Å². The van der Waals surface area contributed by atoms with Gasteiger partial charge in [0.05, 0.1) is 0 Å². The van der Waals surface area contributed by atoms with Crippen LogP contribution in [0, 0.1) is 0 Å². The maximum Gasteiger partial charge on any atom is 0.335 e. The van der Waals surface area contributed by atoms with Crippen LogP contribution < -0.4 is 4.84 Å². The summed E-state index contributed by atoms with van der Waals surface area (Å²) in [5.74, 6) is 0.473. The molecule has 0 rings (SSSR count). The van der Waals surface area contributed by atoms with Gasteiger partial charge < -0.3 is 3.83 Å². The Kier molecular flexibility index (Phi) is 7.57. The Bertz CT molecular complexity index is 127. The van der Waals surface area contributed by atoms with Gasteiger partial charge in [-0.15, -0.1) is 0 Å². The molecule has 0 saturated heterocycles. The first-order chi connectivity index (χ1) is 5.26. The average molecular weight is 263 g/mol. The van der Waals surface area contributed by atoms with Crippen molar-refractivity contribution < 1.29 is 8.62 Å². The fourth-order valence-corrected chi connectivity index (χ4v) is 1.40. The molecule has 0 spiro atoms. The lowest BCUT2D eigenvalue weighted by Gasteiger charge is -2.08. The third kappa shape index (κ3) is 4.90. The molecule has 0 heterocycles. The Hall–Kier alpha value is 0.550. The first kappa shape index (κ1) is 11.6. The van der Waals surface area contributed by atoms with Crippen LogP contribution in [0.5, 0.6) is 0 Å². The molecule has 0 aliphatic heterocycles. The lowest BCUT2D eigenvalue weighted by molar-refractivity contribution is -0.134. The summed E-state index contributed by atoms with van der Waals surface area (Å²) in [6, 6.07) is -0.427. The molecule has 0 aromatic heterocycles.